The van der Waals surface area contributed by atoms with Gasteiger partial charge in [-0.15, -0.1) is 0 Å². The molecular weight excluding hydrogens is 355 g/mol. The van der Waals surface area contributed by atoms with E-state index in [2.05, 4.69) is 10.6 Å². The Morgan fingerprint density at radius 3 is 2.48 bits per heavy atom. The number of halogens is 1. The summed E-state index contributed by atoms with van der Waals surface area (Å²) in [5.74, 6) is -2.91. The second-order valence-corrected chi connectivity index (χ2v) is 5.50. The van der Waals surface area contributed by atoms with Gasteiger partial charge in [-0.3, -0.25) is 19.2 Å². The molecule has 2 aromatic carbocycles. The van der Waals surface area contributed by atoms with Crippen molar-refractivity contribution < 1.29 is 28.3 Å². The highest BCUT2D eigenvalue weighted by Gasteiger charge is 2.13. The Balaban J connectivity index is 1.79. The molecule has 27 heavy (non-hydrogen) atoms. The summed E-state index contributed by atoms with van der Waals surface area (Å²) in [7, 11) is 0. The lowest BCUT2D eigenvalue weighted by molar-refractivity contribution is -0.146. The molecule has 2 aromatic rings. The molecule has 0 aliphatic rings. The second-order valence-electron chi connectivity index (χ2n) is 5.50. The van der Waals surface area contributed by atoms with Crippen LogP contribution in [0.4, 0.5) is 10.1 Å². The van der Waals surface area contributed by atoms with Gasteiger partial charge in [-0.25, -0.2) is 4.39 Å². The average Bonchev–Trinajstić information content (AvgIpc) is 2.64. The highest BCUT2D eigenvalue weighted by molar-refractivity contribution is 6.04. The first-order valence-electron chi connectivity index (χ1n) is 7.96. The van der Waals surface area contributed by atoms with Crippen LogP contribution in [-0.4, -0.2) is 36.7 Å². The minimum atomic E-state index is -0.838. The predicted octanol–water partition coefficient (Wildman–Crippen LogP) is 1.94. The Bertz CT molecular complexity index is 882. The van der Waals surface area contributed by atoms with Crippen LogP contribution in [0, 0.1) is 5.82 Å². The molecule has 0 saturated heterocycles. The number of hydrogen-bond donors (Lipinski definition) is 2. The molecule has 0 spiro atoms. The largest absolute Gasteiger partial charge is 0.454 e. The van der Waals surface area contributed by atoms with E-state index in [9.17, 15) is 23.6 Å². The van der Waals surface area contributed by atoms with Crippen LogP contribution in [0.5, 0.6) is 0 Å². The lowest BCUT2D eigenvalue weighted by atomic mass is 10.1. The standard InChI is InChI=1S/C19H17FN2O5/c1-12(23)15-7-2-3-8-16(15)22-17(24)11-27-18(25)10-21-19(26)13-5-4-6-14(20)9-13/h2-9H,10-11H2,1H3,(H,21,26)(H,22,24). The summed E-state index contributed by atoms with van der Waals surface area (Å²) in [6.07, 6.45) is 0. The van der Waals surface area contributed by atoms with Gasteiger partial charge < -0.3 is 15.4 Å². The molecular formula is C19H17FN2O5. The van der Waals surface area contributed by atoms with Crippen molar-refractivity contribution in [3.63, 3.8) is 0 Å². The number of ether oxygens (including phenoxy) is 1. The van der Waals surface area contributed by atoms with Gasteiger partial charge in [-0.05, 0) is 37.3 Å². The Morgan fingerprint density at radius 1 is 1.04 bits per heavy atom. The number of amides is 2. The van der Waals surface area contributed by atoms with Gasteiger partial charge in [0.15, 0.2) is 12.4 Å². The Labute approximate surface area is 154 Å². The monoisotopic (exact) mass is 372 g/mol. The molecule has 7 nitrogen and oxygen atoms in total. The fourth-order valence-corrected chi connectivity index (χ4v) is 2.17. The number of carbonyl (C=O) groups is 4. The molecule has 0 unspecified atom stereocenters. The van der Waals surface area contributed by atoms with Crippen molar-refractivity contribution in [2.75, 3.05) is 18.5 Å². The van der Waals surface area contributed by atoms with Gasteiger partial charge in [0.1, 0.15) is 12.4 Å². The van der Waals surface area contributed by atoms with Gasteiger partial charge in [0.25, 0.3) is 11.8 Å². The van der Waals surface area contributed by atoms with Crippen molar-refractivity contribution in [1.29, 1.82) is 0 Å². The maximum atomic E-state index is 13.1. The van der Waals surface area contributed by atoms with Crippen molar-refractivity contribution in [2.24, 2.45) is 0 Å². The zero-order valence-corrected chi connectivity index (χ0v) is 14.5. The number of rotatable bonds is 7. The van der Waals surface area contributed by atoms with E-state index in [0.717, 1.165) is 6.07 Å². The summed E-state index contributed by atoms with van der Waals surface area (Å²) >= 11 is 0. The summed E-state index contributed by atoms with van der Waals surface area (Å²) in [6.45, 7) is 0.305. The Kier molecular flexibility index (Phi) is 6.76. The van der Waals surface area contributed by atoms with Crippen LogP contribution >= 0.6 is 0 Å². The highest BCUT2D eigenvalue weighted by Crippen LogP contribution is 2.15. The molecule has 140 valence electrons. The third-order valence-electron chi connectivity index (χ3n) is 3.42. The average molecular weight is 372 g/mol. The molecule has 2 N–H and O–H groups in total. The SMILES string of the molecule is CC(=O)c1ccccc1NC(=O)COC(=O)CNC(=O)c1cccc(F)c1. The second kappa shape index (κ2) is 9.23. The molecule has 0 saturated carbocycles. The van der Waals surface area contributed by atoms with Gasteiger partial charge >= 0.3 is 5.97 Å². The van der Waals surface area contributed by atoms with E-state index < -0.39 is 36.8 Å². The molecule has 0 atom stereocenters. The number of benzene rings is 2. The number of hydrogen-bond acceptors (Lipinski definition) is 5. The summed E-state index contributed by atoms with van der Waals surface area (Å²) < 4.78 is 17.8. The first-order chi connectivity index (χ1) is 12.9. The van der Waals surface area contributed by atoms with Crippen molar-refractivity contribution >= 4 is 29.3 Å². The smallest absolute Gasteiger partial charge is 0.325 e. The molecule has 2 rings (SSSR count). The van der Waals surface area contributed by atoms with Crippen LogP contribution in [0.2, 0.25) is 0 Å². The maximum absolute atomic E-state index is 13.1. The Hall–Kier alpha value is -3.55. The fourth-order valence-electron chi connectivity index (χ4n) is 2.17. The summed E-state index contributed by atoms with van der Waals surface area (Å²) in [5.41, 5.74) is 0.700. The van der Waals surface area contributed by atoms with E-state index >= 15 is 0 Å². The number of carbonyl (C=O) groups excluding carboxylic acids is 4. The van der Waals surface area contributed by atoms with Gasteiger partial charge in [0.05, 0.1) is 5.69 Å². The van der Waals surface area contributed by atoms with E-state index in [4.69, 9.17) is 4.74 Å². The van der Waals surface area contributed by atoms with E-state index in [-0.39, 0.29) is 11.3 Å². The van der Waals surface area contributed by atoms with Crippen LogP contribution in [0.3, 0.4) is 0 Å². The van der Waals surface area contributed by atoms with E-state index in [0.29, 0.717) is 11.3 Å². The quantitative estimate of drug-likeness (QED) is 0.571. The van der Waals surface area contributed by atoms with Crippen molar-refractivity contribution in [3.05, 3.63) is 65.5 Å². The van der Waals surface area contributed by atoms with Gasteiger partial charge in [0, 0.05) is 11.1 Å². The van der Waals surface area contributed by atoms with Crippen LogP contribution in [-0.2, 0) is 14.3 Å². The number of esters is 1. The number of anilines is 1. The van der Waals surface area contributed by atoms with E-state index in [1.807, 2.05) is 0 Å². The van der Waals surface area contributed by atoms with Crippen molar-refractivity contribution in [2.45, 2.75) is 6.92 Å². The van der Waals surface area contributed by atoms with E-state index in [1.165, 1.54) is 25.1 Å². The zero-order chi connectivity index (χ0) is 19.8. The highest BCUT2D eigenvalue weighted by atomic mass is 19.1. The first-order valence-corrected chi connectivity index (χ1v) is 7.96. The Morgan fingerprint density at radius 2 is 1.78 bits per heavy atom. The molecule has 0 radical (unpaired) electrons. The molecule has 0 bridgehead atoms. The molecule has 0 aliphatic heterocycles. The van der Waals surface area contributed by atoms with Gasteiger partial charge in [-0.2, -0.15) is 0 Å². The zero-order valence-electron chi connectivity index (χ0n) is 14.5. The molecule has 0 heterocycles. The molecule has 0 fully saturated rings. The molecule has 0 aliphatic carbocycles. The van der Waals surface area contributed by atoms with Crippen molar-refractivity contribution in [3.8, 4) is 0 Å². The lowest BCUT2D eigenvalue weighted by Gasteiger charge is -2.10. The number of para-hydroxylation sites is 1. The van der Waals surface area contributed by atoms with Crippen LogP contribution in [0.1, 0.15) is 27.6 Å². The maximum Gasteiger partial charge on any atom is 0.325 e. The van der Waals surface area contributed by atoms with Crippen LogP contribution in [0.15, 0.2) is 48.5 Å². The summed E-state index contributed by atoms with van der Waals surface area (Å²) in [4.78, 5) is 46.8. The lowest BCUT2D eigenvalue weighted by Crippen LogP contribution is -2.32. The predicted molar refractivity (Wildman–Crippen MR) is 94.8 cm³/mol. The summed E-state index contributed by atoms with van der Waals surface area (Å²) in [6, 6.07) is 11.4. The minimum absolute atomic E-state index is 0.0568. The summed E-state index contributed by atoms with van der Waals surface area (Å²) in [5, 5.41) is 4.75. The molecule has 2 amide bonds. The third kappa shape index (κ3) is 6.03. The van der Waals surface area contributed by atoms with E-state index in [1.54, 1.807) is 24.3 Å². The number of Topliss-reactive ketones (excluding diaryl/α,β-unsaturated/α-hetero) is 1. The minimum Gasteiger partial charge on any atom is -0.454 e. The van der Waals surface area contributed by atoms with Crippen LogP contribution in [0.25, 0.3) is 0 Å². The number of ketones is 1. The molecule has 8 heteroatoms. The van der Waals surface area contributed by atoms with Crippen LogP contribution < -0.4 is 10.6 Å². The van der Waals surface area contributed by atoms with Gasteiger partial charge in [0.2, 0.25) is 0 Å². The van der Waals surface area contributed by atoms with Crippen molar-refractivity contribution in [1.82, 2.24) is 5.32 Å². The topological polar surface area (TPSA) is 102 Å². The first kappa shape index (κ1) is 19.8. The fraction of sp³-hybridized carbons (Fsp3) is 0.158. The third-order valence-corrected chi connectivity index (χ3v) is 3.42. The molecule has 0 aromatic heterocycles. The van der Waals surface area contributed by atoms with Gasteiger partial charge in [-0.1, -0.05) is 18.2 Å². The number of nitrogens with one attached hydrogen (secondary N) is 2. The normalized spacial score (nSPS) is 10.0.